The molecule has 0 saturated heterocycles. The average Bonchev–Trinajstić information content (AvgIpc) is 2.66. The van der Waals surface area contributed by atoms with E-state index in [4.69, 9.17) is 37.0 Å². The number of aliphatic hydroxyl groups is 1. The third-order valence-electron chi connectivity index (χ3n) is 16.8. The van der Waals surface area contributed by atoms with Crippen molar-refractivity contribution in [2.45, 2.75) is 382 Å². The minimum atomic E-state index is -4.96. The number of rotatable bonds is 70. The lowest BCUT2D eigenvalue weighted by atomic mass is 10.0. The Kier molecular flexibility index (Phi) is 61.3. The lowest BCUT2D eigenvalue weighted by Gasteiger charge is -2.21. The van der Waals surface area contributed by atoms with E-state index in [-0.39, 0.29) is 25.7 Å². The number of phosphoric acid groups is 2. The first-order valence-corrected chi connectivity index (χ1v) is 40.7. The lowest BCUT2D eigenvalue weighted by molar-refractivity contribution is -0.161. The third-order valence-corrected chi connectivity index (χ3v) is 18.7. The van der Waals surface area contributed by atoms with Gasteiger partial charge in [0.1, 0.15) is 19.3 Å². The van der Waals surface area contributed by atoms with Gasteiger partial charge in [0.25, 0.3) is 0 Å². The number of carbonyl (C=O) groups is 4. The second-order valence-electron chi connectivity index (χ2n) is 28.2. The Labute approximate surface area is 562 Å². The summed E-state index contributed by atoms with van der Waals surface area (Å²) < 4.78 is 68.4. The molecule has 0 rings (SSSR count). The van der Waals surface area contributed by atoms with Gasteiger partial charge in [-0.15, -0.1) is 0 Å². The molecule has 0 bridgehead atoms. The molecular formula is C73H142O17P2. The van der Waals surface area contributed by atoms with E-state index in [1.165, 1.54) is 167 Å². The van der Waals surface area contributed by atoms with E-state index >= 15 is 0 Å². The molecule has 0 saturated carbocycles. The number of aliphatic hydroxyl groups excluding tert-OH is 1. The zero-order valence-corrected chi connectivity index (χ0v) is 62.0. The largest absolute Gasteiger partial charge is 0.472 e. The predicted octanol–water partition coefficient (Wildman–Crippen LogP) is 20.9. The van der Waals surface area contributed by atoms with Crippen LogP contribution in [-0.4, -0.2) is 96.7 Å². The van der Waals surface area contributed by atoms with Gasteiger partial charge in [-0.3, -0.25) is 37.3 Å². The molecule has 0 radical (unpaired) electrons. The molecule has 0 aromatic rings. The summed E-state index contributed by atoms with van der Waals surface area (Å²) in [6.45, 7) is 14.1. The summed E-state index contributed by atoms with van der Waals surface area (Å²) in [5.74, 6) is 0.864. The number of esters is 4. The van der Waals surface area contributed by atoms with Crippen LogP contribution in [0.2, 0.25) is 0 Å². The van der Waals surface area contributed by atoms with E-state index in [9.17, 15) is 43.2 Å². The van der Waals surface area contributed by atoms with E-state index in [0.717, 1.165) is 108 Å². The third kappa shape index (κ3) is 66.7. The highest BCUT2D eigenvalue weighted by Gasteiger charge is 2.30. The van der Waals surface area contributed by atoms with Gasteiger partial charge in [-0.05, 0) is 49.4 Å². The fraction of sp³-hybridized carbons (Fsp3) is 0.945. The van der Waals surface area contributed by atoms with Gasteiger partial charge in [-0.2, -0.15) is 0 Å². The zero-order valence-electron chi connectivity index (χ0n) is 60.2. The average molecular weight is 1350 g/mol. The van der Waals surface area contributed by atoms with Crippen molar-refractivity contribution in [2.24, 2.45) is 23.7 Å². The maximum Gasteiger partial charge on any atom is 0.472 e. The van der Waals surface area contributed by atoms with Crippen molar-refractivity contribution in [2.75, 3.05) is 39.6 Å². The molecule has 0 aliphatic heterocycles. The minimum absolute atomic E-state index is 0.103. The number of carbonyl (C=O) groups excluding carboxylic acids is 4. The molecular weight excluding hydrogens is 1210 g/mol. The van der Waals surface area contributed by atoms with E-state index in [2.05, 4.69) is 55.4 Å². The number of phosphoric ester groups is 2. The van der Waals surface area contributed by atoms with Crippen molar-refractivity contribution >= 4 is 39.5 Å². The highest BCUT2D eigenvalue weighted by molar-refractivity contribution is 7.47. The maximum absolute atomic E-state index is 13.1. The van der Waals surface area contributed by atoms with Crippen molar-refractivity contribution in [1.82, 2.24) is 0 Å². The van der Waals surface area contributed by atoms with Crippen molar-refractivity contribution in [3.05, 3.63) is 0 Å². The molecule has 0 fully saturated rings. The van der Waals surface area contributed by atoms with Crippen LogP contribution in [0.3, 0.4) is 0 Å². The van der Waals surface area contributed by atoms with Crippen LogP contribution >= 0.6 is 15.6 Å². The Balaban J connectivity index is 5.25. The highest BCUT2D eigenvalue weighted by atomic mass is 31.2. The summed E-state index contributed by atoms with van der Waals surface area (Å²) in [5.41, 5.74) is 0. The summed E-state index contributed by atoms with van der Waals surface area (Å²) in [6, 6.07) is 0. The lowest BCUT2D eigenvalue weighted by Crippen LogP contribution is -2.30. The van der Waals surface area contributed by atoms with Crippen molar-refractivity contribution < 1.29 is 80.2 Å². The number of unbranched alkanes of at least 4 members (excludes halogenated alkanes) is 36. The van der Waals surface area contributed by atoms with Gasteiger partial charge in [-0.25, -0.2) is 9.13 Å². The van der Waals surface area contributed by atoms with Gasteiger partial charge in [0.15, 0.2) is 12.2 Å². The van der Waals surface area contributed by atoms with Crippen molar-refractivity contribution in [3.8, 4) is 0 Å². The van der Waals surface area contributed by atoms with Crippen LogP contribution in [0.15, 0.2) is 0 Å². The van der Waals surface area contributed by atoms with Gasteiger partial charge in [0, 0.05) is 25.7 Å². The molecule has 546 valence electrons. The molecule has 0 aromatic heterocycles. The topological polar surface area (TPSA) is 237 Å². The van der Waals surface area contributed by atoms with Crippen LogP contribution < -0.4 is 0 Å². The monoisotopic (exact) mass is 1350 g/mol. The molecule has 92 heavy (non-hydrogen) atoms. The highest BCUT2D eigenvalue weighted by Crippen LogP contribution is 2.45. The summed E-state index contributed by atoms with van der Waals surface area (Å²) in [7, 11) is -9.91. The van der Waals surface area contributed by atoms with Gasteiger partial charge < -0.3 is 33.8 Å². The van der Waals surface area contributed by atoms with Crippen LogP contribution in [0, 0.1) is 23.7 Å². The maximum atomic E-state index is 13.1. The molecule has 0 heterocycles. The molecule has 0 amide bonds. The predicted molar refractivity (Wildman–Crippen MR) is 372 cm³/mol. The van der Waals surface area contributed by atoms with E-state index < -0.39 is 97.5 Å². The molecule has 0 aliphatic rings. The fourth-order valence-electron chi connectivity index (χ4n) is 11.0. The van der Waals surface area contributed by atoms with E-state index in [1.807, 2.05) is 0 Å². The summed E-state index contributed by atoms with van der Waals surface area (Å²) in [4.78, 5) is 72.7. The van der Waals surface area contributed by atoms with Crippen LogP contribution in [0.25, 0.3) is 0 Å². The second-order valence-corrected chi connectivity index (χ2v) is 31.1. The van der Waals surface area contributed by atoms with Crippen LogP contribution in [0.5, 0.6) is 0 Å². The first-order chi connectivity index (χ1) is 44.1. The first-order valence-electron chi connectivity index (χ1n) is 37.7. The zero-order chi connectivity index (χ0) is 68.2. The molecule has 19 heteroatoms. The molecule has 0 spiro atoms. The number of hydrogen-bond donors (Lipinski definition) is 3. The SMILES string of the molecule is CC(C)CCCCCCCCCCCCCCCC(=O)O[C@H](COC(=O)CCCCCCCCCCCCCCC(C)C)COP(=O)(O)OCC(O)COP(=O)(O)OC[C@@H](COC(=O)CCCCCCCCCCC(C)C)OC(=O)CCCCCCCCCC(C)C. The van der Waals surface area contributed by atoms with Crippen molar-refractivity contribution in [1.29, 1.82) is 0 Å². The Morgan fingerprint density at radius 2 is 0.457 bits per heavy atom. The molecule has 5 atom stereocenters. The molecule has 3 N–H and O–H groups in total. The Morgan fingerprint density at radius 1 is 0.272 bits per heavy atom. The van der Waals surface area contributed by atoms with Gasteiger partial charge >= 0.3 is 39.5 Å². The quantitative estimate of drug-likeness (QED) is 0.0222. The number of hydrogen-bond acceptors (Lipinski definition) is 15. The van der Waals surface area contributed by atoms with Gasteiger partial charge in [0.05, 0.1) is 26.4 Å². The van der Waals surface area contributed by atoms with Crippen molar-refractivity contribution in [3.63, 3.8) is 0 Å². The van der Waals surface area contributed by atoms with Gasteiger partial charge in [0.2, 0.25) is 0 Å². The standard InChI is InChI=1S/C73H142O17P2/c1-63(2)49-41-33-25-18-14-10-9-11-17-21-31-39-47-55-72(77)89-68(59-83-70(75)53-45-37-29-20-16-13-12-15-19-26-34-42-50-64(3)4)61-87-91(79,80)85-57-67(74)58-86-92(81,82)88-62-69(90-73(78)56-48-40-32-24-28-36-44-52-66(7)8)60-84-71(76)54-46-38-30-23-22-27-35-43-51-65(5)6/h63-69,74H,9-62H2,1-8H3,(H,79,80)(H,81,82)/t67?,68-,69-/m1/s1. The normalized spacial score (nSPS) is 14.2. The Hall–Kier alpha value is -1.94. The fourth-order valence-corrected chi connectivity index (χ4v) is 12.6. The van der Waals surface area contributed by atoms with Gasteiger partial charge in [-0.1, -0.05) is 312 Å². The molecule has 0 aliphatic carbocycles. The van der Waals surface area contributed by atoms with Crippen LogP contribution in [0.4, 0.5) is 0 Å². The second kappa shape index (κ2) is 62.6. The summed E-state index contributed by atoms with van der Waals surface area (Å²) >= 11 is 0. The summed E-state index contributed by atoms with van der Waals surface area (Å²) in [5, 5.41) is 10.6. The molecule has 17 nitrogen and oxygen atoms in total. The van der Waals surface area contributed by atoms with E-state index in [0.29, 0.717) is 31.6 Å². The van der Waals surface area contributed by atoms with E-state index in [1.54, 1.807) is 0 Å². The Bertz CT molecular complexity index is 1820. The first kappa shape index (κ1) is 90.1. The molecule has 3 unspecified atom stereocenters. The minimum Gasteiger partial charge on any atom is -0.462 e. The van der Waals surface area contributed by atoms with Crippen LogP contribution in [-0.2, 0) is 65.4 Å². The Morgan fingerprint density at radius 3 is 0.674 bits per heavy atom. The van der Waals surface area contributed by atoms with Crippen LogP contribution in [0.1, 0.15) is 364 Å². The summed E-state index contributed by atoms with van der Waals surface area (Å²) in [6.07, 6.45) is 45.9. The molecule has 0 aromatic carbocycles. The smallest absolute Gasteiger partial charge is 0.462 e. The number of ether oxygens (including phenoxy) is 4.